The van der Waals surface area contributed by atoms with Gasteiger partial charge < -0.3 is 11.2 Å². The number of nitrogens with two attached hydrogens (primary N) is 1. The van der Waals surface area contributed by atoms with Crippen LogP contribution in [0.25, 0.3) is 10.7 Å². The summed E-state index contributed by atoms with van der Waals surface area (Å²) in [6, 6.07) is 10.0. The molecule has 0 saturated carbocycles. The lowest BCUT2D eigenvalue weighted by molar-refractivity contribution is -0.113. The topological polar surface area (TPSA) is 123 Å². The van der Waals surface area contributed by atoms with Crippen LogP contribution in [0.1, 0.15) is 12.8 Å². The predicted octanol–water partition coefficient (Wildman–Crippen LogP) is 2.24. The molecule has 3 aromatic rings. The molecule has 1 amide bonds. The molecule has 2 aromatic heterocycles. The Morgan fingerprint density at radius 2 is 1.90 bits per heavy atom. The number of aromatic nitrogens is 3. The van der Waals surface area contributed by atoms with E-state index in [9.17, 15) is 13.2 Å². The van der Waals surface area contributed by atoms with Gasteiger partial charge in [0.05, 0.1) is 15.5 Å². The van der Waals surface area contributed by atoms with Gasteiger partial charge in [0.1, 0.15) is 0 Å². The molecule has 3 heterocycles. The molecule has 3 N–H and O–H groups in total. The van der Waals surface area contributed by atoms with Gasteiger partial charge in [0.15, 0.2) is 5.82 Å². The molecule has 1 fully saturated rings. The van der Waals surface area contributed by atoms with Crippen molar-refractivity contribution >= 4 is 44.7 Å². The highest BCUT2D eigenvalue weighted by Gasteiger charge is 2.27. The predicted molar refractivity (Wildman–Crippen MR) is 117 cm³/mol. The fourth-order valence-corrected chi connectivity index (χ4v) is 5.94. The van der Waals surface area contributed by atoms with Crippen molar-refractivity contribution in [2.45, 2.75) is 22.9 Å². The van der Waals surface area contributed by atoms with Crippen LogP contribution in [0.4, 0.5) is 5.69 Å². The van der Waals surface area contributed by atoms with Crippen molar-refractivity contribution in [1.29, 1.82) is 0 Å². The number of carbonyl (C=O) groups excluding carboxylic acids is 1. The maximum absolute atomic E-state index is 12.6. The zero-order chi connectivity index (χ0) is 21.1. The number of sulfonamides is 1. The molecule has 4 rings (SSSR count). The number of carbonyl (C=O) groups is 1. The van der Waals surface area contributed by atoms with E-state index < -0.39 is 10.0 Å². The maximum Gasteiger partial charge on any atom is 0.243 e. The lowest BCUT2D eigenvalue weighted by atomic mass is 10.3. The average molecular weight is 465 g/mol. The molecule has 1 aromatic carbocycles. The van der Waals surface area contributed by atoms with Crippen LogP contribution >= 0.6 is 23.1 Å². The van der Waals surface area contributed by atoms with E-state index in [1.165, 1.54) is 44.2 Å². The summed E-state index contributed by atoms with van der Waals surface area (Å²) in [4.78, 5) is 13.4. The number of hydrogen-bond acceptors (Lipinski definition) is 8. The molecule has 1 aliphatic heterocycles. The zero-order valence-corrected chi connectivity index (χ0v) is 18.3. The van der Waals surface area contributed by atoms with Crippen molar-refractivity contribution < 1.29 is 13.2 Å². The quantitative estimate of drug-likeness (QED) is 0.406. The smallest absolute Gasteiger partial charge is 0.243 e. The Balaban J connectivity index is 1.34. The van der Waals surface area contributed by atoms with E-state index in [-0.39, 0.29) is 16.6 Å². The van der Waals surface area contributed by atoms with Crippen molar-refractivity contribution in [3.05, 3.63) is 41.8 Å². The number of nitrogen functional groups attached to an aromatic ring is 1. The molecule has 158 valence electrons. The number of rotatable bonds is 7. The molecule has 1 aliphatic rings. The van der Waals surface area contributed by atoms with Gasteiger partial charge in [0.25, 0.3) is 0 Å². The lowest BCUT2D eigenvalue weighted by Gasteiger charge is -2.15. The summed E-state index contributed by atoms with van der Waals surface area (Å²) in [6.45, 7) is 1.11. The van der Waals surface area contributed by atoms with Crippen LogP contribution < -0.4 is 11.2 Å². The number of thiophene rings is 1. The highest BCUT2D eigenvalue weighted by atomic mass is 32.2. The van der Waals surface area contributed by atoms with E-state index in [1.807, 2.05) is 17.5 Å². The minimum atomic E-state index is -3.47. The normalized spacial score (nSPS) is 14.8. The van der Waals surface area contributed by atoms with Gasteiger partial charge in [-0.15, -0.1) is 21.5 Å². The number of nitrogens with zero attached hydrogens (tertiary/aromatic N) is 4. The molecule has 0 bridgehead atoms. The van der Waals surface area contributed by atoms with Crippen molar-refractivity contribution in [1.82, 2.24) is 19.2 Å². The summed E-state index contributed by atoms with van der Waals surface area (Å²) < 4.78 is 28.0. The molecule has 0 spiro atoms. The van der Waals surface area contributed by atoms with Crippen molar-refractivity contribution in [3.63, 3.8) is 0 Å². The summed E-state index contributed by atoms with van der Waals surface area (Å²) in [5, 5.41) is 13.2. The first-order valence-electron chi connectivity index (χ1n) is 9.22. The van der Waals surface area contributed by atoms with Crippen molar-refractivity contribution in [2.75, 3.05) is 30.0 Å². The van der Waals surface area contributed by atoms with Crippen LogP contribution in [0.2, 0.25) is 0 Å². The second-order valence-electron chi connectivity index (χ2n) is 6.63. The van der Waals surface area contributed by atoms with Gasteiger partial charge in [-0.25, -0.2) is 13.1 Å². The van der Waals surface area contributed by atoms with E-state index in [2.05, 4.69) is 15.5 Å². The summed E-state index contributed by atoms with van der Waals surface area (Å²) in [6.07, 6.45) is 1.77. The van der Waals surface area contributed by atoms with E-state index in [0.29, 0.717) is 29.8 Å². The minimum Gasteiger partial charge on any atom is -0.335 e. The second kappa shape index (κ2) is 8.76. The Morgan fingerprint density at radius 3 is 2.57 bits per heavy atom. The molecule has 0 atom stereocenters. The first-order valence-corrected chi connectivity index (χ1v) is 12.5. The van der Waals surface area contributed by atoms with Crippen LogP contribution in [0, 0.1) is 0 Å². The van der Waals surface area contributed by atoms with Crippen LogP contribution in [-0.4, -0.2) is 52.3 Å². The van der Waals surface area contributed by atoms with Gasteiger partial charge in [0, 0.05) is 18.8 Å². The zero-order valence-electron chi connectivity index (χ0n) is 15.9. The van der Waals surface area contributed by atoms with Crippen LogP contribution in [0.5, 0.6) is 0 Å². The molecule has 1 saturated heterocycles. The third kappa shape index (κ3) is 4.36. The van der Waals surface area contributed by atoms with Gasteiger partial charge in [0.2, 0.25) is 21.1 Å². The van der Waals surface area contributed by atoms with E-state index in [1.54, 1.807) is 12.1 Å². The number of amides is 1. The average Bonchev–Trinajstić information content (AvgIpc) is 3.49. The highest BCUT2D eigenvalue weighted by molar-refractivity contribution is 7.99. The molecule has 9 nitrogen and oxygen atoms in total. The molecule has 0 radical (unpaired) electrons. The largest absolute Gasteiger partial charge is 0.335 e. The first kappa shape index (κ1) is 20.8. The van der Waals surface area contributed by atoms with Crippen LogP contribution in [0.15, 0.2) is 51.8 Å². The Hall–Kier alpha value is -2.41. The molecule has 12 heteroatoms. The number of benzene rings is 1. The summed E-state index contributed by atoms with van der Waals surface area (Å²) in [5.41, 5.74) is 0.523. The third-order valence-electron chi connectivity index (χ3n) is 4.58. The summed E-state index contributed by atoms with van der Waals surface area (Å²) in [5.74, 6) is 6.41. The third-order valence-corrected chi connectivity index (χ3v) is 8.30. The monoisotopic (exact) mass is 464 g/mol. The van der Waals surface area contributed by atoms with Crippen LogP contribution in [-0.2, 0) is 14.8 Å². The molecule has 30 heavy (non-hydrogen) atoms. The Kier molecular flexibility index (Phi) is 6.09. The Bertz CT molecular complexity index is 1120. The fraction of sp³-hybridized carbons (Fsp3) is 0.278. The molecular formula is C18H20N6O3S3. The Labute approximate surface area is 182 Å². The minimum absolute atomic E-state index is 0.0909. The first-order chi connectivity index (χ1) is 14.4. The summed E-state index contributed by atoms with van der Waals surface area (Å²) in [7, 11) is -3.47. The van der Waals surface area contributed by atoms with E-state index in [4.69, 9.17) is 5.84 Å². The van der Waals surface area contributed by atoms with E-state index in [0.717, 1.165) is 17.7 Å². The van der Waals surface area contributed by atoms with Gasteiger partial charge >= 0.3 is 0 Å². The lowest BCUT2D eigenvalue weighted by Crippen LogP contribution is -2.27. The van der Waals surface area contributed by atoms with Crippen LogP contribution in [0.3, 0.4) is 0 Å². The fourth-order valence-electron chi connectivity index (χ4n) is 3.06. The summed E-state index contributed by atoms with van der Waals surface area (Å²) >= 11 is 2.67. The van der Waals surface area contributed by atoms with Crippen molar-refractivity contribution in [3.8, 4) is 10.7 Å². The van der Waals surface area contributed by atoms with Crippen molar-refractivity contribution in [2.24, 2.45) is 0 Å². The van der Waals surface area contributed by atoms with Gasteiger partial charge in [-0.1, -0.05) is 17.8 Å². The molecular weight excluding hydrogens is 444 g/mol. The SMILES string of the molecule is Nn1c(SCC(=O)Nc2ccc(S(=O)(=O)N3CCCC3)cc2)nnc1-c1cccs1. The van der Waals surface area contributed by atoms with Gasteiger partial charge in [-0.2, -0.15) is 4.31 Å². The van der Waals surface area contributed by atoms with E-state index >= 15 is 0 Å². The van der Waals surface area contributed by atoms with Gasteiger partial charge in [-0.3, -0.25) is 4.79 Å². The molecule has 0 aliphatic carbocycles. The van der Waals surface area contributed by atoms with Gasteiger partial charge in [-0.05, 0) is 48.6 Å². The number of anilines is 1. The number of thioether (sulfide) groups is 1. The Morgan fingerprint density at radius 1 is 1.17 bits per heavy atom. The maximum atomic E-state index is 12.6. The molecule has 0 unspecified atom stereocenters. The number of nitrogens with one attached hydrogen (secondary N) is 1. The highest BCUT2D eigenvalue weighted by Crippen LogP contribution is 2.25. The second-order valence-corrected chi connectivity index (χ2v) is 10.5. The standard InChI is InChI=1S/C18H20N6O3S3/c19-24-17(15-4-3-11-28-15)21-22-18(24)29-12-16(25)20-13-5-7-14(8-6-13)30(26,27)23-9-1-2-10-23/h3-8,11H,1-2,9-10,12,19H2,(H,20,25). The number of hydrogen-bond donors (Lipinski definition) is 2.